The molecule has 12 heteroatoms. The van der Waals surface area contributed by atoms with Crippen LogP contribution in [0.25, 0.3) is 44.4 Å². The Morgan fingerprint density at radius 3 is 2.38 bits per heavy atom. The third-order valence-corrected chi connectivity index (χ3v) is 11.5. The van der Waals surface area contributed by atoms with Crippen molar-refractivity contribution in [2.24, 2.45) is 14.1 Å². The molecule has 3 aromatic carbocycles. The normalized spacial score (nSPS) is 14.6. The van der Waals surface area contributed by atoms with E-state index in [0.717, 1.165) is 83.0 Å². The van der Waals surface area contributed by atoms with Gasteiger partial charge in [-0.05, 0) is 101 Å². The monoisotopic (exact) mass is 749 g/mol. The lowest BCUT2D eigenvalue weighted by Crippen LogP contribution is -2.42. The number of nitrogens with zero attached hydrogens (tertiary/aromatic N) is 7. The van der Waals surface area contributed by atoms with Crippen LogP contribution in [-0.2, 0) is 20.5 Å². The van der Waals surface area contributed by atoms with Crippen molar-refractivity contribution in [2.45, 2.75) is 60.4 Å². The van der Waals surface area contributed by atoms with Gasteiger partial charge in [0.1, 0.15) is 11.4 Å². The van der Waals surface area contributed by atoms with E-state index >= 15 is 4.79 Å². The van der Waals surface area contributed by atoms with Gasteiger partial charge in [-0.25, -0.2) is 0 Å². The molecule has 1 amide bonds. The lowest BCUT2D eigenvalue weighted by atomic mass is 9.98. The summed E-state index contributed by atoms with van der Waals surface area (Å²) in [5.74, 6) is 1.66. The topological polar surface area (TPSA) is 96.1 Å². The Morgan fingerprint density at radius 2 is 1.70 bits per heavy atom. The first-order valence-electron chi connectivity index (χ1n) is 17.8. The zero-order valence-corrected chi connectivity index (χ0v) is 32.6. The smallest absolute Gasteiger partial charge is 0.275 e. The number of rotatable bonds is 8. The number of hydrogen-bond acceptors (Lipinski definition) is 6. The minimum absolute atomic E-state index is 0.0626. The van der Waals surface area contributed by atoms with Crippen LogP contribution < -0.4 is 9.64 Å². The van der Waals surface area contributed by atoms with Crippen LogP contribution in [0.2, 0.25) is 10.0 Å². The van der Waals surface area contributed by atoms with Gasteiger partial charge in [-0.2, -0.15) is 5.10 Å². The number of halogens is 2. The van der Waals surface area contributed by atoms with Crippen LogP contribution in [0.1, 0.15) is 63.8 Å². The number of hydrogen-bond donors (Lipinski definition) is 0. The summed E-state index contributed by atoms with van der Waals surface area (Å²) in [5.41, 5.74) is 11.0. The molecular weight excluding hydrogens is 709 g/mol. The lowest BCUT2D eigenvalue weighted by molar-refractivity contribution is 0.0957. The molecule has 1 aliphatic rings. The average Bonchev–Trinajstić information content (AvgIpc) is 3.86. The Kier molecular flexibility index (Phi) is 8.65. The molecule has 8 rings (SSSR count). The van der Waals surface area contributed by atoms with E-state index < -0.39 is 0 Å². The summed E-state index contributed by atoms with van der Waals surface area (Å²) in [6.45, 7) is 12.9. The average molecular weight is 751 g/mol. The fraction of sp³-hybridized carbons (Fsp3) is 0.317. The quantitative estimate of drug-likeness (QED) is 0.144. The van der Waals surface area contributed by atoms with Crippen molar-refractivity contribution < 1.29 is 13.9 Å². The van der Waals surface area contributed by atoms with Gasteiger partial charge in [0.2, 0.25) is 11.8 Å². The fourth-order valence-electron chi connectivity index (χ4n) is 8.07. The Hall–Kier alpha value is -5.06. The molecule has 5 heterocycles. The highest BCUT2D eigenvalue weighted by molar-refractivity contribution is 6.35. The molecule has 10 nitrogen and oxygen atoms in total. The van der Waals surface area contributed by atoms with Gasteiger partial charge in [0.05, 0.1) is 28.5 Å². The summed E-state index contributed by atoms with van der Waals surface area (Å²) in [6, 6.07) is 13.9. The maximum Gasteiger partial charge on any atom is 0.275 e. The number of amides is 1. The van der Waals surface area contributed by atoms with Gasteiger partial charge < -0.3 is 23.2 Å². The number of aryl methyl sites for hydroxylation is 7. The standard InChI is InChI=1S/C41H41Cl2N7O3/c1-21-16-28(17-22(2)37(21)43)52-15-9-10-29-30-12-13-32(42)36(35-24(4)46-48(8)25(35)5)38(30)50-23(3)19-49(41(51)39(29)50)34-20-47(7)33-14-11-27(18-31(33)34)40-45-44-26(6)53-40/h11-14,16-18,20,23H,9-10,15,19H2,1-8H3/t23-/m1/s1. The molecule has 1 aliphatic heterocycles. The summed E-state index contributed by atoms with van der Waals surface area (Å²) in [4.78, 5) is 17.1. The van der Waals surface area contributed by atoms with E-state index in [2.05, 4.69) is 39.2 Å². The SMILES string of the molecule is Cc1nnc(-c2ccc3c(c2)c(N2C[C@@H](C)n4c(c(CCCOc5cc(C)c(Cl)c(C)c5)c5ccc(Cl)c(-c6c(C)nn(C)c6C)c54)C2=O)cn3C)o1. The fourth-order valence-corrected chi connectivity index (χ4v) is 8.43. The van der Waals surface area contributed by atoms with Crippen molar-refractivity contribution >= 4 is 56.6 Å². The van der Waals surface area contributed by atoms with Crippen LogP contribution in [0, 0.1) is 34.6 Å². The molecule has 0 spiro atoms. The Balaban J connectivity index is 1.26. The molecule has 0 aliphatic carbocycles. The summed E-state index contributed by atoms with van der Waals surface area (Å²) in [5, 5.41) is 16.3. The van der Waals surface area contributed by atoms with Crippen LogP contribution in [0.3, 0.4) is 0 Å². The summed E-state index contributed by atoms with van der Waals surface area (Å²) in [7, 11) is 3.95. The van der Waals surface area contributed by atoms with E-state index in [1.165, 1.54) is 0 Å². The van der Waals surface area contributed by atoms with Crippen molar-refractivity contribution in [2.75, 3.05) is 18.1 Å². The van der Waals surface area contributed by atoms with Gasteiger partial charge in [-0.1, -0.05) is 29.3 Å². The molecule has 1 atom stereocenters. The zero-order valence-electron chi connectivity index (χ0n) is 31.1. The minimum atomic E-state index is -0.0817. The number of aromatic nitrogens is 6. The molecule has 0 radical (unpaired) electrons. The predicted molar refractivity (Wildman–Crippen MR) is 211 cm³/mol. The van der Waals surface area contributed by atoms with Crippen molar-refractivity contribution in [1.29, 1.82) is 0 Å². The van der Waals surface area contributed by atoms with E-state index in [1.807, 2.05) is 87.0 Å². The van der Waals surface area contributed by atoms with Crippen LogP contribution in [0.15, 0.2) is 53.1 Å². The van der Waals surface area contributed by atoms with E-state index in [-0.39, 0.29) is 11.9 Å². The molecule has 0 saturated carbocycles. The lowest BCUT2D eigenvalue weighted by Gasteiger charge is -2.34. The summed E-state index contributed by atoms with van der Waals surface area (Å²) >= 11 is 13.5. The van der Waals surface area contributed by atoms with Gasteiger partial charge in [0, 0.05) is 83.5 Å². The maximum absolute atomic E-state index is 15.2. The van der Waals surface area contributed by atoms with E-state index in [4.69, 9.17) is 37.5 Å². The van der Waals surface area contributed by atoms with Crippen LogP contribution >= 0.6 is 23.2 Å². The first-order chi connectivity index (χ1) is 25.3. The number of benzene rings is 3. The number of anilines is 1. The first kappa shape index (κ1) is 35.0. The second kappa shape index (κ2) is 13.1. The maximum atomic E-state index is 15.2. The van der Waals surface area contributed by atoms with Crippen molar-refractivity contribution in [3.8, 4) is 28.3 Å². The highest BCUT2D eigenvalue weighted by Gasteiger charge is 2.37. The Bertz CT molecular complexity index is 2590. The summed E-state index contributed by atoms with van der Waals surface area (Å²) < 4.78 is 18.2. The molecule has 272 valence electrons. The molecule has 0 N–H and O–H groups in total. The number of carbonyl (C=O) groups is 1. The third-order valence-electron chi connectivity index (χ3n) is 10.6. The van der Waals surface area contributed by atoms with Gasteiger partial charge in [-0.3, -0.25) is 9.48 Å². The molecule has 7 aromatic rings. The van der Waals surface area contributed by atoms with Gasteiger partial charge in [0.15, 0.2) is 0 Å². The number of fused-ring (bicyclic) bond motifs is 4. The second-order valence-corrected chi connectivity index (χ2v) is 15.0. The zero-order chi connectivity index (χ0) is 37.5. The Morgan fingerprint density at radius 1 is 0.943 bits per heavy atom. The van der Waals surface area contributed by atoms with Crippen molar-refractivity contribution in [3.63, 3.8) is 0 Å². The van der Waals surface area contributed by atoms with E-state index in [0.29, 0.717) is 48.5 Å². The van der Waals surface area contributed by atoms with Crippen molar-refractivity contribution in [1.82, 2.24) is 29.1 Å². The van der Waals surface area contributed by atoms with Gasteiger partial charge in [0.25, 0.3) is 5.91 Å². The second-order valence-electron chi connectivity index (χ2n) is 14.3. The highest BCUT2D eigenvalue weighted by Crippen LogP contribution is 2.46. The van der Waals surface area contributed by atoms with E-state index in [1.54, 1.807) is 6.92 Å². The van der Waals surface area contributed by atoms with E-state index in [9.17, 15) is 0 Å². The number of ether oxygens (including phenoxy) is 1. The largest absolute Gasteiger partial charge is 0.494 e. The van der Waals surface area contributed by atoms with Crippen LogP contribution in [0.5, 0.6) is 5.75 Å². The third kappa shape index (κ3) is 5.70. The predicted octanol–water partition coefficient (Wildman–Crippen LogP) is 9.67. The molecule has 4 aromatic heterocycles. The van der Waals surface area contributed by atoms with Crippen LogP contribution in [-0.4, -0.2) is 48.2 Å². The summed E-state index contributed by atoms with van der Waals surface area (Å²) in [6.07, 6.45) is 3.35. The molecule has 0 saturated heterocycles. The molecule has 0 fully saturated rings. The van der Waals surface area contributed by atoms with Gasteiger partial charge >= 0.3 is 0 Å². The molecule has 0 unspecified atom stereocenters. The molecule has 53 heavy (non-hydrogen) atoms. The molecular formula is C41H41Cl2N7O3. The van der Waals surface area contributed by atoms with Crippen LogP contribution in [0.4, 0.5) is 5.69 Å². The first-order valence-corrected chi connectivity index (χ1v) is 18.6. The Labute approximate surface area is 317 Å². The van der Waals surface area contributed by atoms with Crippen molar-refractivity contribution in [3.05, 3.63) is 98.4 Å². The minimum Gasteiger partial charge on any atom is -0.494 e. The van der Waals surface area contributed by atoms with Gasteiger partial charge in [-0.15, -0.1) is 10.2 Å². The number of carbonyl (C=O) groups excluding carboxylic acids is 1. The molecule has 0 bridgehead atoms. The highest BCUT2D eigenvalue weighted by atomic mass is 35.5.